The fourth-order valence-electron chi connectivity index (χ4n) is 3.06. The van der Waals surface area contributed by atoms with Gasteiger partial charge in [0.2, 0.25) is 0 Å². The summed E-state index contributed by atoms with van der Waals surface area (Å²) in [5, 5.41) is 23.3. The first-order chi connectivity index (χ1) is 15.5. The maximum absolute atomic E-state index is 12.6. The van der Waals surface area contributed by atoms with Gasteiger partial charge in [0.25, 0.3) is 11.6 Å². The van der Waals surface area contributed by atoms with Crippen LogP contribution in [0.15, 0.2) is 84.4 Å². The zero-order valence-electron chi connectivity index (χ0n) is 17.4. The summed E-state index contributed by atoms with van der Waals surface area (Å²) in [5.74, 6) is -0.0343. The molecule has 3 aromatic carbocycles. The molecule has 7 heteroatoms. The number of nitro groups is 1. The quantitative estimate of drug-likeness (QED) is 0.237. The number of amides is 1. The standard InChI is InChI=1S/C25H21N3O4/c1-18(20-9-3-2-4-10-20)27-25(29)22(16-26)15-21-11-5-6-13-24(21)32-17-19-8-7-12-23(14-19)28(30)31/h2-15,18H,17H2,1H3,(H,27,29)/b22-15-/t18-/m1/s1. The topological polar surface area (TPSA) is 105 Å². The van der Waals surface area contributed by atoms with Crippen molar-refractivity contribution in [2.45, 2.75) is 19.6 Å². The second-order valence-electron chi connectivity index (χ2n) is 7.03. The van der Waals surface area contributed by atoms with E-state index in [0.717, 1.165) is 5.56 Å². The van der Waals surface area contributed by atoms with Gasteiger partial charge in [-0.15, -0.1) is 0 Å². The Bertz CT molecular complexity index is 1180. The van der Waals surface area contributed by atoms with Gasteiger partial charge in [-0.1, -0.05) is 60.7 Å². The van der Waals surface area contributed by atoms with E-state index in [0.29, 0.717) is 16.9 Å². The Hall–Kier alpha value is -4.44. The zero-order chi connectivity index (χ0) is 22.9. The molecule has 32 heavy (non-hydrogen) atoms. The molecular formula is C25H21N3O4. The van der Waals surface area contributed by atoms with E-state index in [-0.39, 0.29) is 23.9 Å². The van der Waals surface area contributed by atoms with Crippen molar-refractivity contribution in [2.24, 2.45) is 0 Å². The Labute approximate surface area is 185 Å². The number of carbonyl (C=O) groups is 1. The minimum Gasteiger partial charge on any atom is -0.488 e. The zero-order valence-corrected chi connectivity index (χ0v) is 17.4. The summed E-state index contributed by atoms with van der Waals surface area (Å²) >= 11 is 0. The Morgan fingerprint density at radius 2 is 1.84 bits per heavy atom. The van der Waals surface area contributed by atoms with Crippen LogP contribution in [0.3, 0.4) is 0 Å². The molecule has 0 radical (unpaired) electrons. The number of benzene rings is 3. The van der Waals surface area contributed by atoms with Crippen LogP contribution in [0.2, 0.25) is 0 Å². The lowest BCUT2D eigenvalue weighted by molar-refractivity contribution is -0.384. The number of ether oxygens (including phenoxy) is 1. The van der Waals surface area contributed by atoms with Crippen molar-refractivity contribution < 1.29 is 14.5 Å². The van der Waals surface area contributed by atoms with Gasteiger partial charge < -0.3 is 10.1 Å². The number of carbonyl (C=O) groups excluding carboxylic acids is 1. The minimum absolute atomic E-state index is 0.0183. The predicted molar refractivity (Wildman–Crippen MR) is 120 cm³/mol. The third-order valence-corrected chi connectivity index (χ3v) is 4.75. The maximum Gasteiger partial charge on any atom is 0.269 e. The Balaban J connectivity index is 1.75. The van der Waals surface area contributed by atoms with Gasteiger partial charge >= 0.3 is 0 Å². The summed E-state index contributed by atoms with van der Waals surface area (Å²) in [6.45, 7) is 1.95. The Kier molecular flexibility index (Phi) is 7.33. The summed E-state index contributed by atoms with van der Waals surface area (Å²) < 4.78 is 5.83. The fourth-order valence-corrected chi connectivity index (χ4v) is 3.06. The van der Waals surface area contributed by atoms with Gasteiger partial charge in [-0.05, 0) is 30.2 Å². The van der Waals surface area contributed by atoms with Gasteiger partial charge in [-0.3, -0.25) is 14.9 Å². The normalized spacial score (nSPS) is 11.8. The summed E-state index contributed by atoms with van der Waals surface area (Å²) in [5.41, 5.74) is 2.04. The van der Waals surface area contributed by atoms with Gasteiger partial charge in [0.15, 0.2) is 0 Å². The molecule has 1 amide bonds. The van der Waals surface area contributed by atoms with Gasteiger partial charge in [0.05, 0.1) is 11.0 Å². The minimum atomic E-state index is -0.489. The first-order valence-electron chi connectivity index (χ1n) is 9.90. The SMILES string of the molecule is C[C@@H](NC(=O)/C(C#N)=C\c1ccccc1OCc1cccc([N+](=O)[O-])c1)c1ccccc1. The molecule has 1 N–H and O–H groups in total. The van der Waals surface area contributed by atoms with E-state index in [1.54, 1.807) is 36.4 Å². The van der Waals surface area contributed by atoms with Crippen LogP contribution < -0.4 is 10.1 Å². The van der Waals surface area contributed by atoms with E-state index in [4.69, 9.17) is 4.74 Å². The molecule has 0 aliphatic rings. The Morgan fingerprint density at radius 3 is 2.56 bits per heavy atom. The number of para-hydroxylation sites is 1. The highest BCUT2D eigenvalue weighted by atomic mass is 16.6. The number of nitrogens with one attached hydrogen (secondary N) is 1. The number of hydrogen-bond donors (Lipinski definition) is 1. The van der Waals surface area contributed by atoms with E-state index in [1.807, 2.05) is 43.3 Å². The van der Waals surface area contributed by atoms with Crippen molar-refractivity contribution in [3.05, 3.63) is 111 Å². The highest BCUT2D eigenvalue weighted by Gasteiger charge is 2.15. The van der Waals surface area contributed by atoms with Crippen LogP contribution in [0, 0.1) is 21.4 Å². The molecule has 0 aliphatic heterocycles. The summed E-state index contributed by atoms with van der Waals surface area (Å²) in [7, 11) is 0. The second-order valence-corrected chi connectivity index (χ2v) is 7.03. The first-order valence-corrected chi connectivity index (χ1v) is 9.90. The molecule has 0 aromatic heterocycles. The van der Waals surface area contributed by atoms with Gasteiger partial charge in [0, 0.05) is 17.7 Å². The summed E-state index contributed by atoms with van der Waals surface area (Å²) in [6, 6.07) is 24.3. The van der Waals surface area contributed by atoms with Crippen molar-refractivity contribution >= 4 is 17.7 Å². The van der Waals surface area contributed by atoms with Crippen LogP contribution in [0.25, 0.3) is 6.08 Å². The first kappa shape index (κ1) is 22.2. The lowest BCUT2D eigenvalue weighted by atomic mass is 10.1. The van der Waals surface area contributed by atoms with Gasteiger partial charge in [-0.25, -0.2) is 0 Å². The lowest BCUT2D eigenvalue weighted by Gasteiger charge is -2.14. The molecule has 1 atom stereocenters. The number of rotatable bonds is 8. The second kappa shape index (κ2) is 10.5. The van der Waals surface area contributed by atoms with Crippen molar-refractivity contribution in [3.63, 3.8) is 0 Å². The van der Waals surface area contributed by atoms with E-state index >= 15 is 0 Å². The number of nitro benzene ring substituents is 1. The van der Waals surface area contributed by atoms with Crippen LogP contribution in [-0.4, -0.2) is 10.8 Å². The molecule has 0 heterocycles. The van der Waals surface area contributed by atoms with Gasteiger partial charge in [0.1, 0.15) is 24.0 Å². The largest absolute Gasteiger partial charge is 0.488 e. The number of non-ortho nitro benzene ring substituents is 1. The molecule has 7 nitrogen and oxygen atoms in total. The maximum atomic E-state index is 12.6. The molecular weight excluding hydrogens is 406 g/mol. The van der Waals surface area contributed by atoms with Crippen molar-refractivity contribution in [3.8, 4) is 11.8 Å². The van der Waals surface area contributed by atoms with Crippen LogP contribution in [0.4, 0.5) is 5.69 Å². The van der Waals surface area contributed by atoms with E-state index < -0.39 is 10.8 Å². The molecule has 0 saturated carbocycles. The third-order valence-electron chi connectivity index (χ3n) is 4.75. The highest BCUT2D eigenvalue weighted by Crippen LogP contribution is 2.23. The lowest BCUT2D eigenvalue weighted by Crippen LogP contribution is -2.27. The number of nitriles is 1. The highest BCUT2D eigenvalue weighted by molar-refractivity contribution is 6.02. The van der Waals surface area contributed by atoms with E-state index in [2.05, 4.69) is 5.32 Å². The average Bonchev–Trinajstić information content (AvgIpc) is 2.82. The summed E-state index contributed by atoms with van der Waals surface area (Å²) in [4.78, 5) is 23.1. The van der Waals surface area contributed by atoms with Crippen molar-refractivity contribution in [1.29, 1.82) is 5.26 Å². The monoisotopic (exact) mass is 427 g/mol. The average molecular weight is 427 g/mol. The molecule has 0 spiro atoms. The van der Waals surface area contributed by atoms with Crippen LogP contribution in [0.5, 0.6) is 5.75 Å². The molecule has 3 aromatic rings. The summed E-state index contributed by atoms with van der Waals surface area (Å²) in [6.07, 6.45) is 1.47. The Morgan fingerprint density at radius 1 is 1.12 bits per heavy atom. The van der Waals surface area contributed by atoms with Crippen LogP contribution in [0.1, 0.15) is 29.7 Å². The third kappa shape index (κ3) is 5.80. The molecule has 160 valence electrons. The van der Waals surface area contributed by atoms with Crippen LogP contribution >= 0.6 is 0 Å². The van der Waals surface area contributed by atoms with Crippen LogP contribution in [-0.2, 0) is 11.4 Å². The predicted octanol–water partition coefficient (Wildman–Crippen LogP) is 4.96. The molecule has 0 fully saturated rings. The van der Waals surface area contributed by atoms with Gasteiger partial charge in [-0.2, -0.15) is 5.26 Å². The molecule has 3 rings (SSSR count). The number of nitrogens with zero attached hydrogens (tertiary/aromatic N) is 2. The molecule has 0 aliphatic carbocycles. The van der Waals surface area contributed by atoms with Crippen molar-refractivity contribution in [1.82, 2.24) is 5.32 Å². The van der Waals surface area contributed by atoms with E-state index in [9.17, 15) is 20.2 Å². The molecule has 0 saturated heterocycles. The fraction of sp³-hybridized carbons (Fsp3) is 0.120. The van der Waals surface area contributed by atoms with E-state index in [1.165, 1.54) is 18.2 Å². The number of hydrogen-bond acceptors (Lipinski definition) is 5. The van der Waals surface area contributed by atoms with Crippen molar-refractivity contribution in [2.75, 3.05) is 0 Å². The molecule has 0 bridgehead atoms. The molecule has 0 unspecified atom stereocenters. The smallest absolute Gasteiger partial charge is 0.269 e.